The summed E-state index contributed by atoms with van der Waals surface area (Å²) in [5, 5.41) is 11.5. The Kier molecular flexibility index (Phi) is 11.8. The summed E-state index contributed by atoms with van der Waals surface area (Å²) in [5.74, 6) is 0.440. The quantitative estimate of drug-likeness (QED) is 0.712. The van der Waals surface area contributed by atoms with Crippen LogP contribution in [0.5, 0.6) is 0 Å². The fourth-order valence-corrected chi connectivity index (χ4v) is 0.687. The van der Waals surface area contributed by atoms with E-state index >= 15 is 0 Å². The maximum absolute atomic E-state index is 8.14. The SMILES string of the molecule is CC(C)CO.CC[C@@H](C)NC(C)C. The minimum atomic E-state index is 0.306. The highest BCUT2D eigenvalue weighted by atomic mass is 16.3. The van der Waals surface area contributed by atoms with Crippen molar-refractivity contribution in [3.63, 3.8) is 0 Å². The van der Waals surface area contributed by atoms with Gasteiger partial charge in [-0.3, -0.25) is 0 Å². The van der Waals surface area contributed by atoms with Crippen molar-refractivity contribution in [1.82, 2.24) is 5.32 Å². The van der Waals surface area contributed by atoms with Crippen LogP contribution >= 0.6 is 0 Å². The van der Waals surface area contributed by atoms with Crippen LogP contribution < -0.4 is 5.32 Å². The standard InChI is InChI=1S/C7H17N.C4H10O/c1-5-7(4)8-6(2)3;1-4(2)3-5/h6-8H,5H2,1-4H3;4-5H,3H2,1-2H3/t7-;/m1./s1. The Labute approximate surface area is 83.7 Å². The van der Waals surface area contributed by atoms with E-state index in [0.29, 0.717) is 24.6 Å². The van der Waals surface area contributed by atoms with Crippen LogP contribution in [0.1, 0.15) is 48.0 Å². The summed E-state index contributed by atoms with van der Waals surface area (Å²) in [6.07, 6.45) is 1.22. The van der Waals surface area contributed by atoms with E-state index in [1.165, 1.54) is 6.42 Å². The molecule has 0 aliphatic carbocycles. The fraction of sp³-hybridized carbons (Fsp3) is 1.00. The summed E-state index contributed by atoms with van der Waals surface area (Å²) in [4.78, 5) is 0. The first-order valence-electron chi connectivity index (χ1n) is 5.30. The predicted molar refractivity (Wildman–Crippen MR) is 59.9 cm³/mol. The molecule has 0 aromatic rings. The van der Waals surface area contributed by atoms with Gasteiger partial charge >= 0.3 is 0 Å². The molecule has 0 rings (SSSR count). The van der Waals surface area contributed by atoms with Gasteiger partial charge in [-0.1, -0.05) is 34.6 Å². The third-order valence-electron chi connectivity index (χ3n) is 1.60. The molecule has 1 atom stereocenters. The summed E-state index contributed by atoms with van der Waals surface area (Å²) < 4.78 is 0. The van der Waals surface area contributed by atoms with Crippen LogP contribution in [-0.4, -0.2) is 23.8 Å². The second-order valence-corrected chi connectivity index (χ2v) is 4.21. The topological polar surface area (TPSA) is 32.3 Å². The van der Waals surface area contributed by atoms with Gasteiger partial charge < -0.3 is 10.4 Å². The normalized spacial score (nSPS) is 12.7. The molecule has 0 fully saturated rings. The third kappa shape index (κ3) is 18.7. The van der Waals surface area contributed by atoms with E-state index in [1.807, 2.05) is 13.8 Å². The highest BCUT2D eigenvalue weighted by Gasteiger charge is 1.97. The summed E-state index contributed by atoms with van der Waals surface area (Å²) in [5.41, 5.74) is 0. The van der Waals surface area contributed by atoms with Gasteiger partial charge in [0.2, 0.25) is 0 Å². The van der Waals surface area contributed by atoms with Crippen LogP contribution in [0.4, 0.5) is 0 Å². The molecule has 0 spiro atoms. The maximum atomic E-state index is 8.14. The van der Waals surface area contributed by atoms with Gasteiger partial charge in [-0.2, -0.15) is 0 Å². The number of rotatable bonds is 4. The number of hydrogen-bond donors (Lipinski definition) is 2. The lowest BCUT2D eigenvalue weighted by atomic mass is 10.2. The Balaban J connectivity index is 0. The monoisotopic (exact) mass is 189 g/mol. The molecule has 82 valence electrons. The third-order valence-corrected chi connectivity index (χ3v) is 1.60. The molecule has 0 aromatic carbocycles. The molecular weight excluding hydrogens is 162 g/mol. The van der Waals surface area contributed by atoms with E-state index in [1.54, 1.807) is 0 Å². The number of hydrogen-bond acceptors (Lipinski definition) is 2. The lowest BCUT2D eigenvalue weighted by molar-refractivity contribution is 0.248. The molecule has 0 radical (unpaired) electrons. The van der Waals surface area contributed by atoms with E-state index in [9.17, 15) is 0 Å². The molecular formula is C11H27NO. The highest BCUT2D eigenvalue weighted by Crippen LogP contribution is 1.89. The molecule has 0 amide bonds. The first-order chi connectivity index (χ1) is 5.93. The number of nitrogens with one attached hydrogen (secondary N) is 1. The number of aliphatic hydroxyl groups excluding tert-OH is 1. The summed E-state index contributed by atoms with van der Waals surface area (Å²) in [7, 11) is 0. The smallest absolute Gasteiger partial charge is 0.0453 e. The van der Waals surface area contributed by atoms with Crippen molar-refractivity contribution in [2.24, 2.45) is 5.92 Å². The lowest BCUT2D eigenvalue weighted by Crippen LogP contribution is -2.31. The molecule has 0 unspecified atom stereocenters. The van der Waals surface area contributed by atoms with Gasteiger partial charge in [-0.05, 0) is 19.3 Å². The Bertz CT molecular complexity index is 92.1. The van der Waals surface area contributed by atoms with Gasteiger partial charge in [-0.25, -0.2) is 0 Å². The molecule has 0 heterocycles. The van der Waals surface area contributed by atoms with Crippen molar-refractivity contribution in [3.05, 3.63) is 0 Å². The van der Waals surface area contributed by atoms with Gasteiger partial charge in [0, 0.05) is 18.7 Å². The van der Waals surface area contributed by atoms with Crippen molar-refractivity contribution >= 4 is 0 Å². The lowest BCUT2D eigenvalue weighted by Gasteiger charge is -2.13. The van der Waals surface area contributed by atoms with Crippen molar-refractivity contribution in [3.8, 4) is 0 Å². The van der Waals surface area contributed by atoms with Gasteiger partial charge in [0.1, 0.15) is 0 Å². The van der Waals surface area contributed by atoms with Crippen LogP contribution in [-0.2, 0) is 0 Å². The fourth-order valence-electron chi connectivity index (χ4n) is 0.687. The molecule has 0 bridgehead atoms. The highest BCUT2D eigenvalue weighted by molar-refractivity contribution is 4.60. The van der Waals surface area contributed by atoms with E-state index in [0.717, 1.165) is 0 Å². The molecule has 0 saturated carbocycles. The first kappa shape index (κ1) is 15.4. The Hall–Kier alpha value is -0.0800. The Morgan fingerprint density at radius 1 is 1.08 bits per heavy atom. The summed E-state index contributed by atoms with van der Waals surface area (Å²) in [6, 6.07) is 1.31. The number of aliphatic hydroxyl groups is 1. The average Bonchev–Trinajstić information content (AvgIpc) is 2.04. The van der Waals surface area contributed by atoms with E-state index in [2.05, 4.69) is 33.0 Å². The van der Waals surface area contributed by atoms with Crippen LogP contribution in [0.3, 0.4) is 0 Å². The summed E-state index contributed by atoms with van der Waals surface area (Å²) in [6.45, 7) is 13.0. The zero-order chi connectivity index (χ0) is 10.9. The molecule has 2 heteroatoms. The van der Waals surface area contributed by atoms with Crippen LogP contribution in [0.2, 0.25) is 0 Å². The van der Waals surface area contributed by atoms with Crippen molar-refractivity contribution < 1.29 is 5.11 Å². The molecule has 2 nitrogen and oxygen atoms in total. The second kappa shape index (κ2) is 10.0. The molecule has 0 aromatic heterocycles. The van der Waals surface area contributed by atoms with E-state index < -0.39 is 0 Å². The average molecular weight is 189 g/mol. The van der Waals surface area contributed by atoms with Crippen molar-refractivity contribution in [2.45, 2.75) is 60.0 Å². The minimum absolute atomic E-state index is 0.306. The van der Waals surface area contributed by atoms with E-state index in [-0.39, 0.29) is 0 Å². The molecule has 13 heavy (non-hydrogen) atoms. The molecule has 2 N–H and O–H groups in total. The Morgan fingerprint density at radius 3 is 1.54 bits per heavy atom. The predicted octanol–water partition coefficient (Wildman–Crippen LogP) is 2.42. The first-order valence-corrected chi connectivity index (χ1v) is 5.30. The van der Waals surface area contributed by atoms with Gasteiger partial charge in [0.25, 0.3) is 0 Å². The molecule has 0 saturated heterocycles. The van der Waals surface area contributed by atoms with Gasteiger partial charge in [0.05, 0.1) is 0 Å². The largest absolute Gasteiger partial charge is 0.396 e. The zero-order valence-electron chi connectivity index (χ0n) is 10.1. The van der Waals surface area contributed by atoms with Crippen molar-refractivity contribution in [1.29, 1.82) is 0 Å². The van der Waals surface area contributed by atoms with E-state index in [4.69, 9.17) is 5.11 Å². The minimum Gasteiger partial charge on any atom is -0.396 e. The van der Waals surface area contributed by atoms with Crippen LogP contribution in [0, 0.1) is 5.92 Å². The van der Waals surface area contributed by atoms with Gasteiger partial charge in [0.15, 0.2) is 0 Å². The van der Waals surface area contributed by atoms with Gasteiger partial charge in [-0.15, -0.1) is 0 Å². The maximum Gasteiger partial charge on any atom is 0.0453 e. The van der Waals surface area contributed by atoms with Crippen LogP contribution in [0.15, 0.2) is 0 Å². The Morgan fingerprint density at radius 2 is 1.46 bits per heavy atom. The van der Waals surface area contributed by atoms with Crippen molar-refractivity contribution in [2.75, 3.05) is 6.61 Å². The molecule has 0 aliphatic rings. The zero-order valence-corrected chi connectivity index (χ0v) is 10.1. The van der Waals surface area contributed by atoms with Crippen LogP contribution in [0.25, 0.3) is 0 Å². The molecule has 0 aliphatic heterocycles. The summed E-state index contributed by atoms with van der Waals surface area (Å²) >= 11 is 0. The second-order valence-electron chi connectivity index (χ2n) is 4.21.